The average molecular weight is 218 g/mol. The zero-order valence-corrected chi connectivity index (χ0v) is 10.3. The fraction of sp³-hybridized carbons (Fsp3) is 0.667. The molecule has 1 fully saturated rings. The zero-order valence-electron chi connectivity index (χ0n) is 10.3. The highest BCUT2D eigenvalue weighted by Gasteiger charge is 2.38. The third-order valence-electron chi connectivity index (χ3n) is 3.37. The van der Waals surface area contributed by atoms with Crippen molar-refractivity contribution < 1.29 is 0 Å². The Bertz CT molecular complexity index is 446. The monoisotopic (exact) mass is 218 g/mol. The fourth-order valence-electron chi connectivity index (χ4n) is 2.15. The van der Waals surface area contributed by atoms with Gasteiger partial charge < -0.3 is 5.32 Å². The van der Waals surface area contributed by atoms with Gasteiger partial charge in [-0.15, -0.1) is 0 Å². The van der Waals surface area contributed by atoms with Crippen molar-refractivity contribution in [1.29, 1.82) is 5.26 Å². The maximum absolute atomic E-state index is 9.12. The highest BCUT2D eigenvalue weighted by molar-refractivity contribution is 5.56. The van der Waals surface area contributed by atoms with Crippen molar-refractivity contribution in [1.82, 2.24) is 9.78 Å². The van der Waals surface area contributed by atoms with Crippen LogP contribution in [0.5, 0.6) is 0 Å². The average Bonchev–Trinajstić information content (AvgIpc) is 2.96. The molecular formula is C12H18N4. The van der Waals surface area contributed by atoms with Gasteiger partial charge in [0.25, 0.3) is 0 Å². The smallest absolute Gasteiger partial charge is 0.142 e. The largest absolute Gasteiger partial charge is 0.364 e. The molecule has 0 bridgehead atoms. The summed E-state index contributed by atoms with van der Waals surface area (Å²) in [6.45, 7) is 6.25. The van der Waals surface area contributed by atoms with E-state index in [4.69, 9.17) is 5.26 Å². The van der Waals surface area contributed by atoms with Gasteiger partial charge in [-0.3, -0.25) is 4.68 Å². The van der Waals surface area contributed by atoms with E-state index in [1.807, 2.05) is 14.0 Å². The van der Waals surface area contributed by atoms with Crippen LogP contribution in [0.15, 0.2) is 0 Å². The van der Waals surface area contributed by atoms with Crippen molar-refractivity contribution in [3.8, 4) is 6.07 Å². The molecule has 1 N–H and O–H groups in total. The first-order chi connectivity index (χ1) is 7.45. The van der Waals surface area contributed by atoms with Crippen molar-refractivity contribution in [3.05, 3.63) is 11.3 Å². The van der Waals surface area contributed by atoms with Crippen LogP contribution in [-0.4, -0.2) is 15.3 Å². The first kappa shape index (κ1) is 11.0. The molecule has 0 radical (unpaired) electrons. The van der Waals surface area contributed by atoms with Gasteiger partial charge >= 0.3 is 0 Å². The Morgan fingerprint density at radius 1 is 1.50 bits per heavy atom. The lowest BCUT2D eigenvalue weighted by Gasteiger charge is -2.27. The van der Waals surface area contributed by atoms with Crippen LogP contribution in [0.3, 0.4) is 0 Å². The van der Waals surface area contributed by atoms with Gasteiger partial charge in [0, 0.05) is 12.6 Å². The summed E-state index contributed by atoms with van der Waals surface area (Å²) in [7, 11) is 1.87. The molecule has 1 aliphatic carbocycles. The van der Waals surface area contributed by atoms with Crippen molar-refractivity contribution >= 4 is 5.82 Å². The fourth-order valence-corrected chi connectivity index (χ4v) is 2.15. The van der Waals surface area contributed by atoms with Gasteiger partial charge in [-0.1, -0.05) is 0 Å². The summed E-state index contributed by atoms with van der Waals surface area (Å²) in [5.74, 6) is 1.56. The van der Waals surface area contributed by atoms with E-state index in [2.05, 4.69) is 30.3 Å². The van der Waals surface area contributed by atoms with E-state index in [0.717, 1.165) is 11.5 Å². The minimum absolute atomic E-state index is 0.0475. The predicted octanol–water partition coefficient (Wildman–Crippen LogP) is 2.20. The van der Waals surface area contributed by atoms with Crippen molar-refractivity contribution in [2.75, 3.05) is 5.32 Å². The number of hydrogen-bond donors (Lipinski definition) is 1. The van der Waals surface area contributed by atoms with E-state index in [-0.39, 0.29) is 5.54 Å². The minimum atomic E-state index is 0.0475. The number of rotatable bonds is 3. The first-order valence-electron chi connectivity index (χ1n) is 5.67. The van der Waals surface area contributed by atoms with Gasteiger partial charge in [0.2, 0.25) is 0 Å². The highest BCUT2D eigenvalue weighted by Crippen LogP contribution is 2.41. The van der Waals surface area contributed by atoms with Crippen LogP contribution in [0.4, 0.5) is 5.82 Å². The molecule has 2 rings (SSSR count). The summed E-state index contributed by atoms with van der Waals surface area (Å²) in [5, 5.41) is 16.9. The maximum Gasteiger partial charge on any atom is 0.142 e. The van der Waals surface area contributed by atoms with Crippen LogP contribution in [0.25, 0.3) is 0 Å². The summed E-state index contributed by atoms with van der Waals surface area (Å²) in [6, 6.07) is 2.22. The van der Waals surface area contributed by atoms with Gasteiger partial charge in [0.1, 0.15) is 17.5 Å². The number of aromatic nitrogens is 2. The van der Waals surface area contributed by atoms with E-state index >= 15 is 0 Å². The van der Waals surface area contributed by atoms with Crippen LogP contribution in [0, 0.1) is 24.2 Å². The second-order valence-electron chi connectivity index (χ2n) is 5.17. The van der Waals surface area contributed by atoms with Gasteiger partial charge in [0.15, 0.2) is 0 Å². The molecule has 0 saturated heterocycles. The van der Waals surface area contributed by atoms with E-state index in [0.29, 0.717) is 11.5 Å². The molecule has 1 aliphatic rings. The molecule has 4 heteroatoms. The first-order valence-corrected chi connectivity index (χ1v) is 5.67. The molecule has 0 atom stereocenters. The van der Waals surface area contributed by atoms with Crippen molar-refractivity contribution in [3.63, 3.8) is 0 Å². The number of nitrogens with one attached hydrogen (secondary N) is 1. The number of nitriles is 1. The summed E-state index contributed by atoms with van der Waals surface area (Å²) < 4.78 is 1.76. The van der Waals surface area contributed by atoms with Crippen molar-refractivity contribution in [2.45, 2.75) is 39.2 Å². The summed E-state index contributed by atoms with van der Waals surface area (Å²) in [6.07, 6.45) is 2.55. The number of nitrogens with zero attached hydrogens (tertiary/aromatic N) is 3. The SMILES string of the molecule is Cc1nn(C)c(NC(C)(C)C2CC2)c1C#N. The normalized spacial score (nSPS) is 15.9. The lowest BCUT2D eigenvalue weighted by Crippen LogP contribution is -2.34. The van der Waals surface area contributed by atoms with Crippen LogP contribution in [0.2, 0.25) is 0 Å². The Labute approximate surface area is 96.3 Å². The number of aryl methyl sites for hydroxylation is 2. The maximum atomic E-state index is 9.12. The van der Waals surface area contributed by atoms with Crippen LogP contribution < -0.4 is 5.32 Å². The molecule has 0 spiro atoms. The predicted molar refractivity (Wildman–Crippen MR) is 63.1 cm³/mol. The highest BCUT2D eigenvalue weighted by atomic mass is 15.3. The minimum Gasteiger partial charge on any atom is -0.364 e. The second-order valence-corrected chi connectivity index (χ2v) is 5.17. The summed E-state index contributed by atoms with van der Waals surface area (Å²) in [4.78, 5) is 0. The van der Waals surface area contributed by atoms with E-state index in [1.165, 1.54) is 12.8 Å². The molecule has 1 saturated carbocycles. The van der Waals surface area contributed by atoms with Crippen molar-refractivity contribution in [2.24, 2.45) is 13.0 Å². The Morgan fingerprint density at radius 3 is 2.62 bits per heavy atom. The van der Waals surface area contributed by atoms with E-state index in [1.54, 1.807) is 4.68 Å². The summed E-state index contributed by atoms with van der Waals surface area (Å²) in [5.41, 5.74) is 1.50. The Hall–Kier alpha value is -1.50. The van der Waals surface area contributed by atoms with E-state index in [9.17, 15) is 0 Å². The quantitative estimate of drug-likeness (QED) is 0.846. The molecule has 4 nitrogen and oxygen atoms in total. The Balaban J connectivity index is 2.30. The molecule has 16 heavy (non-hydrogen) atoms. The molecule has 1 aromatic heterocycles. The van der Waals surface area contributed by atoms with Crippen LogP contribution in [0.1, 0.15) is 37.9 Å². The lowest BCUT2D eigenvalue weighted by atomic mass is 9.98. The van der Waals surface area contributed by atoms with Gasteiger partial charge in [0.05, 0.1) is 5.69 Å². The van der Waals surface area contributed by atoms with Crippen LogP contribution >= 0.6 is 0 Å². The molecular weight excluding hydrogens is 200 g/mol. The standard InChI is InChI=1S/C12H18N4/c1-8-10(7-13)11(16(4)15-8)14-12(2,3)9-5-6-9/h9,14H,5-6H2,1-4H3. The van der Waals surface area contributed by atoms with Gasteiger partial charge in [-0.05, 0) is 39.5 Å². The topological polar surface area (TPSA) is 53.6 Å². The van der Waals surface area contributed by atoms with Crippen LogP contribution in [-0.2, 0) is 7.05 Å². The zero-order chi connectivity index (χ0) is 11.9. The molecule has 86 valence electrons. The molecule has 0 aliphatic heterocycles. The molecule has 1 aromatic rings. The third kappa shape index (κ3) is 1.78. The third-order valence-corrected chi connectivity index (χ3v) is 3.37. The van der Waals surface area contributed by atoms with E-state index < -0.39 is 0 Å². The van der Waals surface area contributed by atoms with Gasteiger partial charge in [-0.25, -0.2) is 0 Å². The lowest BCUT2D eigenvalue weighted by molar-refractivity contribution is 0.488. The van der Waals surface area contributed by atoms with Gasteiger partial charge in [-0.2, -0.15) is 10.4 Å². The number of hydrogen-bond acceptors (Lipinski definition) is 3. The number of anilines is 1. The molecule has 1 heterocycles. The summed E-state index contributed by atoms with van der Waals surface area (Å²) >= 11 is 0. The Kier molecular flexibility index (Phi) is 2.42. The molecule has 0 aromatic carbocycles. The second kappa shape index (κ2) is 3.51. The molecule has 0 unspecified atom stereocenters. The Morgan fingerprint density at radius 2 is 2.12 bits per heavy atom. The molecule has 0 amide bonds.